The van der Waals surface area contributed by atoms with Gasteiger partial charge in [-0.3, -0.25) is 0 Å². The van der Waals surface area contributed by atoms with Gasteiger partial charge in [0.2, 0.25) is 10.0 Å². The molecule has 2 unspecified atom stereocenters. The summed E-state index contributed by atoms with van der Waals surface area (Å²) in [5.74, 6) is -1.94. The van der Waals surface area contributed by atoms with E-state index >= 15 is 0 Å². The van der Waals surface area contributed by atoms with Crippen LogP contribution in [0.25, 0.3) is 0 Å². The first-order valence-electron chi connectivity index (χ1n) is 5.95. The topological polar surface area (TPSA) is 57.6 Å². The second kappa shape index (κ2) is 5.15. The van der Waals surface area contributed by atoms with Crippen molar-refractivity contribution < 1.29 is 22.3 Å². The summed E-state index contributed by atoms with van der Waals surface area (Å²) in [4.78, 5) is -0.554. The lowest BCUT2D eigenvalue weighted by Gasteiger charge is -2.24. The predicted octanol–water partition coefficient (Wildman–Crippen LogP) is 1.36. The van der Waals surface area contributed by atoms with Crippen LogP contribution in [0.4, 0.5) is 8.78 Å². The van der Waals surface area contributed by atoms with Gasteiger partial charge in [0.15, 0.2) is 0 Å². The van der Waals surface area contributed by atoms with E-state index in [1.807, 2.05) is 6.92 Å². The Morgan fingerprint density at radius 2 is 2.11 bits per heavy atom. The molecule has 4 nitrogen and oxygen atoms in total. The molecule has 0 spiro atoms. The Morgan fingerprint density at radius 3 is 2.68 bits per heavy atom. The van der Waals surface area contributed by atoms with Crippen LogP contribution in [0.15, 0.2) is 23.1 Å². The zero-order valence-electron chi connectivity index (χ0n) is 10.4. The number of rotatable bonds is 3. The fourth-order valence-electron chi connectivity index (χ4n) is 2.35. The van der Waals surface area contributed by atoms with E-state index < -0.39 is 32.6 Å². The number of aliphatic hydroxyl groups is 1. The van der Waals surface area contributed by atoms with Gasteiger partial charge in [-0.15, -0.1) is 0 Å². The number of hydrogen-bond donors (Lipinski definition) is 1. The SMILES string of the molecule is CC1CCN(S(=O)(=O)c2ccc(F)cc2F)C1CO. The standard InChI is InChI=1S/C12H15F2NO3S/c1-8-4-5-15(11(8)7-16)19(17,18)12-3-2-9(13)6-10(12)14/h2-3,6,8,11,16H,4-5,7H2,1H3. The summed E-state index contributed by atoms with van der Waals surface area (Å²) in [6.45, 7) is 1.74. The van der Waals surface area contributed by atoms with Gasteiger partial charge in [0.05, 0.1) is 12.6 Å². The normalized spacial score (nSPS) is 24.8. The summed E-state index contributed by atoms with van der Waals surface area (Å²) in [6, 6.07) is 1.80. The van der Waals surface area contributed by atoms with Crippen molar-refractivity contribution in [2.24, 2.45) is 5.92 Å². The number of hydrogen-bond acceptors (Lipinski definition) is 3. The van der Waals surface area contributed by atoms with Crippen molar-refractivity contribution in [1.29, 1.82) is 0 Å². The van der Waals surface area contributed by atoms with Gasteiger partial charge < -0.3 is 5.11 Å². The van der Waals surface area contributed by atoms with Crippen molar-refractivity contribution in [3.05, 3.63) is 29.8 Å². The molecule has 1 saturated heterocycles. The highest BCUT2D eigenvalue weighted by Crippen LogP contribution is 2.30. The predicted molar refractivity (Wildman–Crippen MR) is 64.9 cm³/mol. The van der Waals surface area contributed by atoms with E-state index in [1.165, 1.54) is 0 Å². The van der Waals surface area contributed by atoms with Crippen LogP contribution in [0.3, 0.4) is 0 Å². The fourth-order valence-corrected chi connectivity index (χ4v) is 4.13. The molecule has 0 aromatic heterocycles. The smallest absolute Gasteiger partial charge is 0.246 e. The molecule has 2 rings (SSSR count). The van der Waals surface area contributed by atoms with Crippen molar-refractivity contribution >= 4 is 10.0 Å². The molecule has 1 heterocycles. The van der Waals surface area contributed by atoms with E-state index in [2.05, 4.69) is 0 Å². The molecule has 1 fully saturated rings. The minimum Gasteiger partial charge on any atom is -0.395 e. The van der Waals surface area contributed by atoms with Crippen LogP contribution in [0.1, 0.15) is 13.3 Å². The lowest BCUT2D eigenvalue weighted by Crippen LogP contribution is -2.40. The van der Waals surface area contributed by atoms with Crippen LogP contribution in [0.5, 0.6) is 0 Å². The van der Waals surface area contributed by atoms with Crippen molar-refractivity contribution in [1.82, 2.24) is 4.31 Å². The minimum atomic E-state index is -4.05. The van der Waals surface area contributed by atoms with Gasteiger partial charge in [-0.1, -0.05) is 6.92 Å². The highest BCUT2D eigenvalue weighted by atomic mass is 32.2. The molecule has 1 aliphatic rings. The first kappa shape index (κ1) is 14.4. The summed E-state index contributed by atoms with van der Waals surface area (Å²) in [5, 5.41) is 9.27. The first-order valence-corrected chi connectivity index (χ1v) is 7.39. The van der Waals surface area contributed by atoms with Crippen LogP contribution in [0, 0.1) is 17.6 Å². The Bertz CT molecular complexity index is 576. The van der Waals surface area contributed by atoms with E-state index in [-0.39, 0.29) is 19.1 Å². The lowest BCUT2D eigenvalue weighted by atomic mass is 10.0. The maximum Gasteiger partial charge on any atom is 0.246 e. The van der Waals surface area contributed by atoms with E-state index in [1.54, 1.807) is 0 Å². The Labute approximate surface area is 110 Å². The highest BCUT2D eigenvalue weighted by Gasteiger charge is 2.40. The Hall–Kier alpha value is -1.05. The average Bonchev–Trinajstić information content (AvgIpc) is 2.70. The van der Waals surface area contributed by atoms with E-state index in [0.29, 0.717) is 12.5 Å². The molecule has 2 atom stereocenters. The zero-order valence-corrected chi connectivity index (χ0v) is 11.2. The summed E-state index contributed by atoms with van der Waals surface area (Å²) in [7, 11) is -4.05. The van der Waals surface area contributed by atoms with Crippen LogP contribution >= 0.6 is 0 Å². The molecule has 0 aliphatic carbocycles. The molecule has 106 valence electrons. The summed E-state index contributed by atoms with van der Waals surface area (Å²) in [5.41, 5.74) is 0. The van der Waals surface area contributed by atoms with E-state index in [9.17, 15) is 22.3 Å². The third-order valence-corrected chi connectivity index (χ3v) is 5.46. The Balaban J connectivity index is 2.42. The summed E-state index contributed by atoms with van der Waals surface area (Å²) >= 11 is 0. The Morgan fingerprint density at radius 1 is 1.42 bits per heavy atom. The van der Waals surface area contributed by atoms with Crippen molar-refractivity contribution in [2.45, 2.75) is 24.3 Å². The first-order chi connectivity index (χ1) is 8.87. The van der Waals surface area contributed by atoms with E-state index in [4.69, 9.17) is 0 Å². The van der Waals surface area contributed by atoms with Crippen LogP contribution in [-0.4, -0.2) is 37.0 Å². The third kappa shape index (κ3) is 2.50. The maximum absolute atomic E-state index is 13.6. The third-order valence-electron chi connectivity index (χ3n) is 3.50. The van der Waals surface area contributed by atoms with Gasteiger partial charge in [-0.05, 0) is 24.5 Å². The monoisotopic (exact) mass is 291 g/mol. The number of aliphatic hydroxyl groups excluding tert-OH is 1. The summed E-state index contributed by atoms with van der Waals surface area (Å²) < 4.78 is 52.2. The molecule has 0 saturated carbocycles. The van der Waals surface area contributed by atoms with Crippen LogP contribution < -0.4 is 0 Å². The second-order valence-corrected chi connectivity index (χ2v) is 6.57. The molecular weight excluding hydrogens is 276 g/mol. The number of benzene rings is 1. The number of sulfonamides is 1. The second-order valence-electron chi connectivity index (χ2n) is 4.71. The Kier molecular flexibility index (Phi) is 3.89. The molecule has 0 amide bonds. The van der Waals surface area contributed by atoms with Crippen molar-refractivity contribution in [3.63, 3.8) is 0 Å². The molecule has 1 aromatic carbocycles. The molecule has 1 N–H and O–H groups in total. The van der Waals surface area contributed by atoms with Gasteiger partial charge >= 0.3 is 0 Å². The van der Waals surface area contributed by atoms with Gasteiger partial charge in [-0.2, -0.15) is 4.31 Å². The molecule has 1 aliphatic heterocycles. The summed E-state index contributed by atoms with van der Waals surface area (Å²) in [6.07, 6.45) is 0.604. The number of nitrogens with zero attached hydrogens (tertiary/aromatic N) is 1. The van der Waals surface area contributed by atoms with Gasteiger partial charge in [0, 0.05) is 12.6 Å². The largest absolute Gasteiger partial charge is 0.395 e. The molecule has 7 heteroatoms. The molecule has 19 heavy (non-hydrogen) atoms. The highest BCUT2D eigenvalue weighted by molar-refractivity contribution is 7.89. The van der Waals surface area contributed by atoms with E-state index in [0.717, 1.165) is 16.4 Å². The molecular formula is C12H15F2NO3S. The number of halogens is 2. The van der Waals surface area contributed by atoms with Gasteiger partial charge in [0.1, 0.15) is 16.5 Å². The van der Waals surface area contributed by atoms with Crippen molar-refractivity contribution in [2.75, 3.05) is 13.2 Å². The lowest BCUT2D eigenvalue weighted by molar-refractivity contribution is 0.191. The quantitative estimate of drug-likeness (QED) is 0.914. The fraction of sp³-hybridized carbons (Fsp3) is 0.500. The van der Waals surface area contributed by atoms with Crippen LogP contribution in [-0.2, 0) is 10.0 Å². The molecule has 0 radical (unpaired) electrons. The molecule has 1 aromatic rings. The van der Waals surface area contributed by atoms with Gasteiger partial charge in [0.25, 0.3) is 0 Å². The zero-order chi connectivity index (χ0) is 14.2. The average molecular weight is 291 g/mol. The maximum atomic E-state index is 13.6. The van der Waals surface area contributed by atoms with Crippen LogP contribution in [0.2, 0.25) is 0 Å². The molecule has 0 bridgehead atoms. The van der Waals surface area contributed by atoms with Gasteiger partial charge in [-0.25, -0.2) is 17.2 Å². The van der Waals surface area contributed by atoms with Crippen molar-refractivity contribution in [3.8, 4) is 0 Å². The minimum absolute atomic E-state index is 0.00304.